The van der Waals surface area contributed by atoms with E-state index in [1.54, 1.807) is 0 Å². The van der Waals surface area contributed by atoms with E-state index in [0.717, 1.165) is 25.7 Å². The largest absolute Gasteiger partial charge is 0.451 e. The minimum Gasteiger partial charge on any atom is -0.451 e. The highest BCUT2D eigenvalue weighted by molar-refractivity contribution is 5.85. The van der Waals surface area contributed by atoms with E-state index in [0.29, 0.717) is 0 Å². The SMILES string of the molecule is CC(OC(=O)CNC(=O)C1CCCCC1)C(N)=O. The number of ether oxygens (including phenoxy) is 1. The van der Waals surface area contributed by atoms with Crippen LogP contribution in [0.2, 0.25) is 0 Å². The molecule has 0 aliphatic heterocycles. The van der Waals surface area contributed by atoms with Crippen molar-refractivity contribution in [3.8, 4) is 0 Å². The standard InChI is InChI=1S/C12H20N2O4/c1-8(11(13)16)18-10(15)7-14-12(17)9-5-3-2-4-6-9/h8-9H,2-7H2,1H3,(H2,13,16)(H,14,17). The first-order chi connectivity index (χ1) is 8.50. The van der Waals surface area contributed by atoms with Gasteiger partial charge in [0.05, 0.1) is 0 Å². The summed E-state index contributed by atoms with van der Waals surface area (Å²) < 4.78 is 4.72. The number of hydrogen-bond donors (Lipinski definition) is 2. The Kier molecular flexibility index (Phi) is 5.61. The van der Waals surface area contributed by atoms with E-state index >= 15 is 0 Å². The molecule has 6 heteroatoms. The third-order valence-electron chi connectivity index (χ3n) is 3.09. The van der Waals surface area contributed by atoms with Gasteiger partial charge in [0.25, 0.3) is 5.91 Å². The van der Waals surface area contributed by atoms with Gasteiger partial charge in [0, 0.05) is 5.92 Å². The summed E-state index contributed by atoms with van der Waals surface area (Å²) in [5.41, 5.74) is 4.95. The minimum atomic E-state index is -0.968. The second-order valence-corrected chi connectivity index (χ2v) is 4.59. The molecule has 0 spiro atoms. The van der Waals surface area contributed by atoms with Crippen LogP contribution in [0.3, 0.4) is 0 Å². The number of primary amides is 1. The topological polar surface area (TPSA) is 98.5 Å². The van der Waals surface area contributed by atoms with Crippen LogP contribution < -0.4 is 11.1 Å². The van der Waals surface area contributed by atoms with Crippen LogP contribution in [0.25, 0.3) is 0 Å². The lowest BCUT2D eigenvalue weighted by molar-refractivity contribution is -0.153. The average molecular weight is 256 g/mol. The fourth-order valence-electron chi connectivity index (χ4n) is 1.97. The third kappa shape index (κ3) is 4.73. The van der Waals surface area contributed by atoms with Crippen molar-refractivity contribution in [2.75, 3.05) is 6.54 Å². The molecular formula is C12H20N2O4. The van der Waals surface area contributed by atoms with Crippen LogP contribution in [0.1, 0.15) is 39.0 Å². The molecule has 3 N–H and O–H groups in total. The van der Waals surface area contributed by atoms with Gasteiger partial charge in [0.2, 0.25) is 5.91 Å². The van der Waals surface area contributed by atoms with Crippen molar-refractivity contribution in [1.82, 2.24) is 5.32 Å². The second-order valence-electron chi connectivity index (χ2n) is 4.59. The van der Waals surface area contributed by atoms with Gasteiger partial charge in [-0.15, -0.1) is 0 Å². The van der Waals surface area contributed by atoms with E-state index in [1.165, 1.54) is 13.3 Å². The molecule has 1 atom stereocenters. The lowest BCUT2D eigenvalue weighted by Gasteiger charge is -2.20. The van der Waals surface area contributed by atoms with E-state index in [4.69, 9.17) is 10.5 Å². The maximum atomic E-state index is 11.7. The van der Waals surface area contributed by atoms with Gasteiger partial charge < -0.3 is 15.8 Å². The molecule has 102 valence electrons. The zero-order valence-corrected chi connectivity index (χ0v) is 10.6. The highest BCUT2D eigenvalue weighted by Crippen LogP contribution is 2.23. The molecule has 0 aromatic heterocycles. The van der Waals surface area contributed by atoms with Crippen LogP contribution in [0.4, 0.5) is 0 Å². The maximum Gasteiger partial charge on any atom is 0.326 e. The molecule has 1 saturated carbocycles. The highest BCUT2D eigenvalue weighted by Gasteiger charge is 2.22. The van der Waals surface area contributed by atoms with Crippen LogP contribution >= 0.6 is 0 Å². The van der Waals surface area contributed by atoms with E-state index in [9.17, 15) is 14.4 Å². The zero-order chi connectivity index (χ0) is 13.5. The van der Waals surface area contributed by atoms with Crippen LogP contribution in [0, 0.1) is 5.92 Å². The number of carbonyl (C=O) groups excluding carboxylic acids is 3. The van der Waals surface area contributed by atoms with Crippen LogP contribution in [-0.2, 0) is 19.1 Å². The highest BCUT2D eigenvalue weighted by atomic mass is 16.5. The number of rotatable bonds is 5. The summed E-state index contributed by atoms with van der Waals surface area (Å²) in [5, 5.41) is 2.53. The van der Waals surface area contributed by atoms with E-state index < -0.39 is 18.0 Å². The number of esters is 1. The number of hydrogen-bond acceptors (Lipinski definition) is 4. The molecule has 0 aromatic rings. The summed E-state index contributed by atoms with van der Waals surface area (Å²) in [6.07, 6.45) is 4.06. The van der Waals surface area contributed by atoms with Crippen molar-refractivity contribution in [2.24, 2.45) is 11.7 Å². The van der Waals surface area contributed by atoms with E-state index in [-0.39, 0.29) is 18.4 Å². The molecule has 6 nitrogen and oxygen atoms in total. The molecule has 0 heterocycles. The van der Waals surface area contributed by atoms with E-state index in [1.807, 2.05) is 0 Å². The van der Waals surface area contributed by atoms with Gasteiger partial charge in [0.15, 0.2) is 6.10 Å². The average Bonchev–Trinajstić information content (AvgIpc) is 2.36. The summed E-state index contributed by atoms with van der Waals surface area (Å²) in [6.45, 7) is 1.18. The van der Waals surface area contributed by atoms with Gasteiger partial charge in [0.1, 0.15) is 6.54 Å². The third-order valence-corrected chi connectivity index (χ3v) is 3.09. The molecule has 0 bridgehead atoms. The molecule has 1 rings (SSSR count). The molecule has 0 aromatic carbocycles. The zero-order valence-electron chi connectivity index (χ0n) is 10.6. The first-order valence-corrected chi connectivity index (χ1v) is 6.27. The minimum absolute atomic E-state index is 0.000105. The van der Waals surface area contributed by atoms with Crippen molar-refractivity contribution in [2.45, 2.75) is 45.1 Å². The van der Waals surface area contributed by atoms with Gasteiger partial charge in [-0.25, -0.2) is 0 Å². The Morgan fingerprint density at radius 2 is 1.89 bits per heavy atom. The molecule has 2 amide bonds. The van der Waals surface area contributed by atoms with Crippen LogP contribution in [0.5, 0.6) is 0 Å². The van der Waals surface area contributed by atoms with Gasteiger partial charge in [-0.1, -0.05) is 19.3 Å². The Hall–Kier alpha value is -1.59. The van der Waals surface area contributed by atoms with Crippen molar-refractivity contribution < 1.29 is 19.1 Å². The molecule has 1 unspecified atom stereocenters. The predicted molar refractivity (Wildman–Crippen MR) is 64.3 cm³/mol. The number of amides is 2. The van der Waals surface area contributed by atoms with Gasteiger partial charge in [-0.2, -0.15) is 0 Å². The molecule has 1 aliphatic rings. The quantitative estimate of drug-likeness (QED) is 0.681. The summed E-state index contributed by atoms with van der Waals surface area (Å²) in [7, 11) is 0. The summed E-state index contributed by atoms with van der Waals surface area (Å²) in [5.74, 6) is -1.47. The van der Waals surface area contributed by atoms with Gasteiger partial charge in [-0.3, -0.25) is 14.4 Å². The second kappa shape index (κ2) is 6.98. The monoisotopic (exact) mass is 256 g/mol. The smallest absolute Gasteiger partial charge is 0.326 e. The predicted octanol–water partition coefficient (Wildman–Crippen LogP) is 0.0999. The summed E-state index contributed by atoms with van der Waals surface area (Å²) in [6, 6.07) is 0. The molecular weight excluding hydrogens is 236 g/mol. The van der Waals surface area contributed by atoms with Gasteiger partial charge in [-0.05, 0) is 19.8 Å². The van der Waals surface area contributed by atoms with E-state index in [2.05, 4.69) is 5.32 Å². The number of nitrogens with one attached hydrogen (secondary N) is 1. The molecule has 1 fully saturated rings. The molecule has 1 aliphatic carbocycles. The Bertz CT molecular complexity index is 324. The Balaban J connectivity index is 2.25. The fraction of sp³-hybridized carbons (Fsp3) is 0.750. The lowest BCUT2D eigenvalue weighted by Crippen LogP contribution is -2.38. The van der Waals surface area contributed by atoms with Crippen molar-refractivity contribution in [1.29, 1.82) is 0 Å². The molecule has 0 radical (unpaired) electrons. The molecule has 18 heavy (non-hydrogen) atoms. The van der Waals surface area contributed by atoms with Crippen LogP contribution in [0.15, 0.2) is 0 Å². The molecule has 0 saturated heterocycles. The summed E-state index contributed by atoms with van der Waals surface area (Å²) >= 11 is 0. The lowest BCUT2D eigenvalue weighted by atomic mass is 9.89. The van der Waals surface area contributed by atoms with Crippen molar-refractivity contribution >= 4 is 17.8 Å². The van der Waals surface area contributed by atoms with Crippen LogP contribution in [-0.4, -0.2) is 30.4 Å². The Labute approximate surface area is 106 Å². The van der Waals surface area contributed by atoms with Crippen molar-refractivity contribution in [3.63, 3.8) is 0 Å². The Morgan fingerprint density at radius 3 is 2.44 bits per heavy atom. The first-order valence-electron chi connectivity index (χ1n) is 6.27. The fourth-order valence-corrected chi connectivity index (χ4v) is 1.97. The maximum absolute atomic E-state index is 11.7. The first kappa shape index (κ1) is 14.5. The normalized spacial score (nSPS) is 17.8. The number of carbonyl (C=O) groups is 3. The van der Waals surface area contributed by atoms with Crippen molar-refractivity contribution in [3.05, 3.63) is 0 Å². The number of nitrogens with two attached hydrogens (primary N) is 1. The Morgan fingerprint density at radius 1 is 1.28 bits per heavy atom. The summed E-state index contributed by atoms with van der Waals surface area (Å²) in [4.78, 5) is 33.7. The van der Waals surface area contributed by atoms with Gasteiger partial charge >= 0.3 is 5.97 Å².